The van der Waals surface area contributed by atoms with E-state index < -0.39 is 0 Å². The highest BCUT2D eigenvalue weighted by Crippen LogP contribution is 2.36. The molecule has 2 aromatic heterocycles. The Labute approximate surface area is 155 Å². The molecule has 1 aliphatic rings. The summed E-state index contributed by atoms with van der Waals surface area (Å²) in [5.41, 5.74) is 2.34. The van der Waals surface area contributed by atoms with Gasteiger partial charge in [-0.05, 0) is 35.8 Å². The predicted molar refractivity (Wildman–Crippen MR) is 97.9 cm³/mol. The summed E-state index contributed by atoms with van der Waals surface area (Å²) in [5, 5.41) is 19.6. The third-order valence-electron chi connectivity index (χ3n) is 4.09. The molecule has 26 heavy (non-hydrogen) atoms. The molecule has 1 saturated carbocycles. The molecular weight excluding hydrogens is 350 g/mol. The number of tetrazole rings is 1. The fourth-order valence-corrected chi connectivity index (χ4v) is 3.43. The van der Waals surface area contributed by atoms with E-state index in [1.165, 1.54) is 17.3 Å². The summed E-state index contributed by atoms with van der Waals surface area (Å²) in [4.78, 5) is 12.3. The third kappa shape index (κ3) is 3.93. The van der Waals surface area contributed by atoms with E-state index >= 15 is 0 Å². The molecule has 8 nitrogen and oxygen atoms in total. The van der Waals surface area contributed by atoms with Crippen LogP contribution < -0.4 is 5.32 Å². The van der Waals surface area contributed by atoms with Crippen molar-refractivity contribution >= 4 is 23.5 Å². The number of thioether (sulfide) groups is 1. The predicted octanol–water partition coefficient (Wildman–Crippen LogP) is 2.29. The average molecular weight is 369 g/mol. The molecule has 1 amide bonds. The summed E-state index contributed by atoms with van der Waals surface area (Å²) in [6, 6.07) is 10.4. The fourth-order valence-electron chi connectivity index (χ4n) is 2.69. The van der Waals surface area contributed by atoms with Gasteiger partial charge in [0.05, 0.1) is 24.5 Å². The van der Waals surface area contributed by atoms with Gasteiger partial charge in [-0.2, -0.15) is 5.10 Å². The summed E-state index contributed by atoms with van der Waals surface area (Å²) < 4.78 is 3.59. The van der Waals surface area contributed by atoms with Gasteiger partial charge in [-0.1, -0.05) is 41.6 Å². The molecule has 4 rings (SSSR count). The van der Waals surface area contributed by atoms with Crippen molar-refractivity contribution in [3.05, 3.63) is 47.7 Å². The summed E-state index contributed by atoms with van der Waals surface area (Å²) in [5.74, 6) is 0.827. The second-order valence-corrected chi connectivity index (χ2v) is 7.28. The van der Waals surface area contributed by atoms with E-state index in [4.69, 9.17) is 0 Å². The molecular formula is C17H19N7OS. The summed E-state index contributed by atoms with van der Waals surface area (Å²) >= 11 is 1.35. The van der Waals surface area contributed by atoms with Crippen molar-refractivity contribution in [3.63, 3.8) is 0 Å². The van der Waals surface area contributed by atoms with Crippen LogP contribution in [-0.4, -0.2) is 41.6 Å². The van der Waals surface area contributed by atoms with E-state index in [1.807, 2.05) is 12.1 Å². The van der Waals surface area contributed by atoms with Gasteiger partial charge in [-0.3, -0.25) is 4.79 Å². The van der Waals surface area contributed by atoms with Crippen molar-refractivity contribution in [1.82, 2.24) is 30.0 Å². The zero-order valence-corrected chi connectivity index (χ0v) is 15.2. The van der Waals surface area contributed by atoms with Crippen LogP contribution in [-0.2, 0) is 11.3 Å². The van der Waals surface area contributed by atoms with E-state index in [0.717, 1.165) is 18.4 Å². The number of aromatic nitrogens is 6. The van der Waals surface area contributed by atoms with Gasteiger partial charge in [0.1, 0.15) is 5.82 Å². The van der Waals surface area contributed by atoms with Crippen molar-refractivity contribution in [3.8, 4) is 0 Å². The molecule has 1 aliphatic carbocycles. The van der Waals surface area contributed by atoms with Gasteiger partial charge >= 0.3 is 0 Å². The third-order valence-corrected chi connectivity index (χ3v) is 5.02. The monoisotopic (exact) mass is 369 g/mol. The smallest absolute Gasteiger partial charge is 0.235 e. The zero-order valence-electron chi connectivity index (χ0n) is 14.4. The van der Waals surface area contributed by atoms with Crippen LogP contribution in [0, 0.1) is 6.92 Å². The lowest BCUT2D eigenvalue weighted by atomic mass is 10.1. The van der Waals surface area contributed by atoms with Gasteiger partial charge in [0.15, 0.2) is 0 Å². The largest absolute Gasteiger partial charge is 0.310 e. The maximum Gasteiger partial charge on any atom is 0.235 e. The van der Waals surface area contributed by atoms with Crippen LogP contribution in [0.4, 0.5) is 5.82 Å². The Balaban J connectivity index is 1.36. The second kappa shape index (κ2) is 7.28. The minimum Gasteiger partial charge on any atom is -0.310 e. The van der Waals surface area contributed by atoms with Gasteiger partial charge in [-0.25, -0.2) is 9.36 Å². The first-order chi connectivity index (χ1) is 12.7. The topological polar surface area (TPSA) is 90.5 Å². The summed E-state index contributed by atoms with van der Waals surface area (Å²) in [7, 11) is 0. The molecule has 0 atom stereocenters. The van der Waals surface area contributed by atoms with Gasteiger partial charge in [0.2, 0.25) is 11.1 Å². The van der Waals surface area contributed by atoms with E-state index in [9.17, 15) is 4.79 Å². The molecule has 1 aromatic carbocycles. The van der Waals surface area contributed by atoms with Crippen molar-refractivity contribution in [2.24, 2.45) is 0 Å². The van der Waals surface area contributed by atoms with Crippen molar-refractivity contribution < 1.29 is 4.79 Å². The number of aryl methyl sites for hydroxylation is 1. The highest BCUT2D eigenvalue weighted by molar-refractivity contribution is 7.99. The lowest BCUT2D eigenvalue weighted by Crippen LogP contribution is -2.18. The number of rotatable bonds is 7. The van der Waals surface area contributed by atoms with Crippen molar-refractivity contribution in [2.45, 2.75) is 37.5 Å². The molecule has 0 radical (unpaired) electrons. The maximum absolute atomic E-state index is 12.3. The quantitative estimate of drug-likeness (QED) is 0.643. The number of carbonyl (C=O) groups excluding carboxylic acids is 1. The standard InChI is InChI=1S/C17H19N7OS/c1-12-3-2-4-13(9-12)10-23-15(7-8-18-23)19-16(25)11-26-17-20-21-22-24(17)14-5-6-14/h2-4,7-9,14H,5-6,10-11H2,1H3,(H,19,25). The average Bonchev–Trinajstić information content (AvgIpc) is 3.20. The van der Waals surface area contributed by atoms with Crippen LogP contribution in [0.5, 0.6) is 0 Å². The SMILES string of the molecule is Cc1cccc(Cn2nccc2NC(=O)CSc2nnnn2C2CC2)c1. The number of anilines is 1. The molecule has 0 aliphatic heterocycles. The minimum atomic E-state index is -0.105. The van der Waals surface area contributed by atoms with Crippen LogP contribution >= 0.6 is 11.8 Å². The van der Waals surface area contributed by atoms with Gasteiger partial charge in [0.25, 0.3) is 0 Å². The number of nitrogens with zero attached hydrogens (tertiary/aromatic N) is 6. The number of amides is 1. The van der Waals surface area contributed by atoms with Gasteiger partial charge in [0, 0.05) is 6.07 Å². The van der Waals surface area contributed by atoms with Crippen molar-refractivity contribution in [2.75, 3.05) is 11.1 Å². The van der Waals surface area contributed by atoms with E-state index in [-0.39, 0.29) is 11.7 Å². The Morgan fingerprint density at radius 3 is 3.04 bits per heavy atom. The van der Waals surface area contributed by atoms with Crippen LogP contribution in [0.1, 0.15) is 30.0 Å². The molecule has 2 heterocycles. The minimum absolute atomic E-state index is 0.105. The number of benzene rings is 1. The number of nitrogens with one attached hydrogen (secondary N) is 1. The molecule has 0 spiro atoms. The lowest BCUT2D eigenvalue weighted by molar-refractivity contribution is -0.113. The Morgan fingerprint density at radius 2 is 2.23 bits per heavy atom. The Morgan fingerprint density at radius 1 is 1.35 bits per heavy atom. The molecule has 0 unspecified atom stereocenters. The first-order valence-corrected chi connectivity index (χ1v) is 9.45. The molecule has 0 saturated heterocycles. The van der Waals surface area contributed by atoms with Crippen molar-refractivity contribution in [1.29, 1.82) is 0 Å². The Kier molecular flexibility index (Phi) is 4.70. The maximum atomic E-state index is 12.3. The fraction of sp³-hybridized carbons (Fsp3) is 0.353. The molecule has 3 aromatic rings. The van der Waals surface area contributed by atoms with Crippen LogP contribution in [0.2, 0.25) is 0 Å². The van der Waals surface area contributed by atoms with E-state index in [0.29, 0.717) is 23.6 Å². The summed E-state index contributed by atoms with van der Waals surface area (Å²) in [6.07, 6.45) is 3.89. The molecule has 134 valence electrons. The first kappa shape index (κ1) is 16.8. The first-order valence-electron chi connectivity index (χ1n) is 8.47. The number of hydrogen-bond donors (Lipinski definition) is 1. The van der Waals surface area contributed by atoms with Gasteiger partial charge in [-0.15, -0.1) is 5.10 Å². The Bertz CT molecular complexity index is 915. The number of carbonyl (C=O) groups is 1. The van der Waals surface area contributed by atoms with Gasteiger partial charge < -0.3 is 5.32 Å². The zero-order chi connectivity index (χ0) is 17.9. The normalized spacial score (nSPS) is 13.7. The highest BCUT2D eigenvalue weighted by atomic mass is 32.2. The Hall–Kier alpha value is -2.68. The molecule has 9 heteroatoms. The molecule has 1 fully saturated rings. The lowest BCUT2D eigenvalue weighted by Gasteiger charge is -2.09. The van der Waals surface area contributed by atoms with Crippen LogP contribution in [0.15, 0.2) is 41.7 Å². The van der Waals surface area contributed by atoms with E-state index in [1.54, 1.807) is 21.6 Å². The highest BCUT2D eigenvalue weighted by Gasteiger charge is 2.28. The summed E-state index contributed by atoms with van der Waals surface area (Å²) in [6.45, 7) is 2.67. The molecule has 1 N–H and O–H groups in total. The molecule has 0 bridgehead atoms. The van der Waals surface area contributed by atoms with Crippen LogP contribution in [0.3, 0.4) is 0 Å². The van der Waals surface area contributed by atoms with E-state index in [2.05, 4.69) is 45.0 Å². The van der Waals surface area contributed by atoms with Crippen LogP contribution in [0.25, 0.3) is 0 Å². The second-order valence-electron chi connectivity index (χ2n) is 6.34. The number of hydrogen-bond acceptors (Lipinski definition) is 6.